The quantitative estimate of drug-likeness (QED) is 0.677. The Bertz CT molecular complexity index is 459. The lowest BCUT2D eigenvalue weighted by atomic mass is 10.0. The number of ether oxygens (including phenoxy) is 1. The van der Waals surface area contributed by atoms with E-state index in [2.05, 4.69) is 5.32 Å². The molecule has 1 fully saturated rings. The van der Waals surface area contributed by atoms with Crippen molar-refractivity contribution in [3.63, 3.8) is 0 Å². The summed E-state index contributed by atoms with van der Waals surface area (Å²) in [5, 5.41) is 12.5. The largest absolute Gasteiger partial charge is 0.396 e. The van der Waals surface area contributed by atoms with Crippen molar-refractivity contribution >= 4 is 11.6 Å². The first-order valence-corrected chi connectivity index (χ1v) is 5.63. The van der Waals surface area contributed by atoms with Crippen molar-refractivity contribution in [1.82, 2.24) is 5.32 Å². The number of nitrogen functional groups attached to an aromatic ring is 1. The summed E-state index contributed by atoms with van der Waals surface area (Å²) in [6.45, 7) is 0.754. The topological polar surface area (TPSA) is 84.6 Å². The van der Waals surface area contributed by atoms with Gasteiger partial charge in [0, 0.05) is 25.1 Å². The fourth-order valence-corrected chi connectivity index (χ4v) is 1.75. The number of amides is 1. The maximum absolute atomic E-state index is 13.2. The zero-order valence-corrected chi connectivity index (χ0v) is 9.78. The Kier molecular flexibility index (Phi) is 3.49. The number of rotatable bonds is 3. The molecular weight excluding hydrogens is 239 g/mol. The average molecular weight is 254 g/mol. The smallest absolute Gasteiger partial charge is 0.251 e. The highest BCUT2D eigenvalue weighted by atomic mass is 19.1. The van der Waals surface area contributed by atoms with E-state index in [1.807, 2.05) is 0 Å². The number of carbonyl (C=O) groups excluding carboxylic acids is 1. The van der Waals surface area contributed by atoms with Crippen molar-refractivity contribution in [3.05, 3.63) is 29.6 Å². The maximum Gasteiger partial charge on any atom is 0.251 e. The van der Waals surface area contributed by atoms with Crippen molar-refractivity contribution in [3.8, 4) is 0 Å². The van der Waals surface area contributed by atoms with Gasteiger partial charge in [-0.2, -0.15) is 0 Å². The number of nitrogens with one attached hydrogen (secondary N) is 1. The Hall–Kier alpha value is -1.66. The molecule has 1 heterocycles. The van der Waals surface area contributed by atoms with E-state index >= 15 is 0 Å². The predicted octanol–water partition coefficient (Wildman–Crippen LogP) is 0.289. The van der Waals surface area contributed by atoms with Crippen molar-refractivity contribution in [1.29, 1.82) is 0 Å². The van der Waals surface area contributed by atoms with Crippen LogP contribution in [0.1, 0.15) is 16.8 Å². The van der Waals surface area contributed by atoms with Crippen LogP contribution < -0.4 is 11.1 Å². The minimum atomic E-state index is -1.03. The first kappa shape index (κ1) is 12.8. The van der Waals surface area contributed by atoms with Gasteiger partial charge in [-0.25, -0.2) is 4.39 Å². The standard InChI is InChI=1S/C12H15FN2O3/c13-9-5-8(1-2-10(9)14)11(16)15-6-12(17)3-4-18-7-12/h1-2,5,17H,3-4,6-7,14H2,(H,15,16). The summed E-state index contributed by atoms with van der Waals surface area (Å²) in [5.41, 5.74) is 4.46. The van der Waals surface area contributed by atoms with E-state index in [9.17, 15) is 14.3 Å². The molecule has 1 amide bonds. The summed E-state index contributed by atoms with van der Waals surface area (Å²) in [4.78, 5) is 11.7. The predicted molar refractivity (Wildman–Crippen MR) is 63.5 cm³/mol. The molecule has 18 heavy (non-hydrogen) atoms. The van der Waals surface area contributed by atoms with Crippen LogP contribution >= 0.6 is 0 Å². The summed E-state index contributed by atoms with van der Waals surface area (Å²) < 4.78 is 18.2. The van der Waals surface area contributed by atoms with E-state index in [1.165, 1.54) is 12.1 Å². The molecule has 0 aliphatic carbocycles. The molecule has 1 unspecified atom stereocenters. The van der Waals surface area contributed by atoms with Gasteiger partial charge in [0.15, 0.2) is 0 Å². The van der Waals surface area contributed by atoms with Crippen LogP contribution in [0, 0.1) is 5.82 Å². The Morgan fingerprint density at radius 1 is 1.61 bits per heavy atom. The molecule has 4 N–H and O–H groups in total. The monoisotopic (exact) mass is 254 g/mol. The molecule has 98 valence electrons. The van der Waals surface area contributed by atoms with Crippen molar-refractivity contribution in [2.45, 2.75) is 12.0 Å². The molecule has 1 atom stereocenters. The molecule has 0 saturated carbocycles. The Balaban J connectivity index is 1.97. The van der Waals surface area contributed by atoms with Crippen LogP contribution in [0.2, 0.25) is 0 Å². The van der Waals surface area contributed by atoms with E-state index in [1.54, 1.807) is 0 Å². The van der Waals surface area contributed by atoms with Crippen LogP contribution in [-0.4, -0.2) is 36.4 Å². The summed E-state index contributed by atoms with van der Waals surface area (Å²) in [6.07, 6.45) is 0.476. The highest BCUT2D eigenvalue weighted by molar-refractivity contribution is 5.94. The Morgan fingerprint density at radius 2 is 2.39 bits per heavy atom. The number of halogens is 1. The number of carbonyl (C=O) groups is 1. The molecule has 1 aromatic rings. The number of benzene rings is 1. The van der Waals surface area contributed by atoms with Crippen molar-refractivity contribution < 1.29 is 19.0 Å². The van der Waals surface area contributed by atoms with E-state index in [4.69, 9.17) is 10.5 Å². The zero-order valence-electron chi connectivity index (χ0n) is 9.78. The lowest BCUT2D eigenvalue weighted by Gasteiger charge is -2.20. The van der Waals surface area contributed by atoms with Gasteiger partial charge in [0.1, 0.15) is 11.4 Å². The van der Waals surface area contributed by atoms with Gasteiger partial charge in [0.05, 0.1) is 12.3 Å². The highest BCUT2D eigenvalue weighted by Crippen LogP contribution is 2.17. The summed E-state index contributed by atoms with van der Waals surface area (Å²) in [7, 11) is 0. The second-order valence-electron chi connectivity index (χ2n) is 4.45. The van der Waals surface area contributed by atoms with Crippen LogP contribution in [0.25, 0.3) is 0 Å². The number of hydrogen-bond acceptors (Lipinski definition) is 4. The SMILES string of the molecule is Nc1ccc(C(=O)NCC2(O)CCOC2)cc1F. The molecule has 5 nitrogen and oxygen atoms in total. The third kappa shape index (κ3) is 2.77. The number of anilines is 1. The Labute approximate surface area is 104 Å². The molecule has 1 saturated heterocycles. The molecule has 0 radical (unpaired) electrons. The van der Waals surface area contributed by atoms with Gasteiger partial charge in [0.25, 0.3) is 5.91 Å². The molecular formula is C12H15FN2O3. The van der Waals surface area contributed by atoms with Crippen molar-refractivity contribution in [2.24, 2.45) is 0 Å². The third-order valence-electron chi connectivity index (χ3n) is 2.92. The van der Waals surface area contributed by atoms with E-state index in [0.717, 1.165) is 6.07 Å². The summed E-state index contributed by atoms with van der Waals surface area (Å²) >= 11 is 0. The van der Waals surface area contributed by atoms with Gasteiger partial charge in [0.2, 0.25) is 0 Å². The minimum absolute atomic E-state index is 0.00521. The molecule has 0 bridgehead atoms. The van der Waals surface area contributed by atoms with Crippen molar-refractivity contribution in [2.75, 3.05) is 25.5 Å². The second kappa shape index (κ2) is 4.91. The van der Waals surface area contributed by atoms with E-state index in [0.29, 0.717) is 13.0 Å². The van der Waals surface area contributed by atoms with Gasteiger partial charge in [-0.3, -0.25) is 4.79 Å². The molecule has 0 spiro atoms. The van der Waals surface area contributed by atoms with Gasteiger partial charge in [-0.05, 0) is 18.2 Å². The fourth-order valence-electron chi connectivity index (χ4n) is 1.75. The molecule has 1 aliphatic heterocycles. The third-order valence-corrected chi connectivity index (χ3v) is 2.92. The zero-order chi connectivity index (χ0) is 13.2. The van der Waals surface area contributed by atoms with Gasteiger partial charge >= 0.3 is 0 Å². The molecule has 1 aliphatic rings. The van der Waals surface area contributed by atoms with Gasteiger partial charge in [-0.1, -0.05) is 0 Å². The van der Waals surface area contributed by atoms with Gasteiger partial charge in [-0.15, -0.1) is 0 Å². The average Bonchev–Trinajstić information content (AvgIpc) is 2.77. The second-order valence-corrected chi connectivity index (χ2v) is 4.45. The number of nitrogens with two attached hydrogens (primary N) is 1. The van der Waals surface area contributed by atoms with Crippen LogP contribution in [-0.2, 0) is 4.74 Å². The Morgan fingerprint density at radius 3 is 3.00 bits per heavy atom. The minimum Gasteiger partial charge on any atom is -0.396 e. The van der Waals surface area contributed by atoms with E-state index < -0.39 is 17.3 Å². The normalized spacial score (nSPS) is 23.0. The van der Waals surface area contributed by atoms with Crippen LogP contribution in [0.4, 0.5) is 10.1 Å². The van der Waals surface area contributed by atoms with Crippen LogP contribution in [0.15, 0.2) is 18.2 Å². The summed E-state index contributed by atoms with van der Waals surface area (Å²) in [6, 6.07) is 3.83. The van der Waals surface area contributed by atoms with Crippen LogP contribution in [0.5, 0.6) is 0 Å². The number of hydrogen-bond donors (Lipinski definition) is 3. The maximum atomic E-state index is 13.2. The highest BCUT2D eigenvalue weighted by Gasteiger charge is 2.32. The number of aliphatic hydroxyl groups is 1. The molecule has 0 aromatic heterocycles. The van der Waals surface area contributed by atoms with Gasteiger partial charge < -0.3 is 20.9 Å². The first-order valence-electron chi connectivity index (χ1n) is 5.63. The fraction of sp³-hybridized carbons (Fsp3) is 0.417. The first-order chi connectivity index (χ1) is 8.50. The van der Waals surface area contributed by atoms with Crippen LogP contribution in [0.3, 0.4) is 0 Å². The molecule has 2 rings (SSSR count). The summed E-state index contributed by atoms with van der Waals surface area (Å²) in [5.74, 6) is -1.08. The molecule has 6 heteroatoms. The lowest BCUT2D eigenvalue weighted by molar-refractivity contribution is 0.0264. The van der Waals surface area contributed by atoms with E-state index in [-0.39, 0.29) is 24.4 Å². The molecule has 1 aromatic carbocycles. The lowest BCUT2D eigenvalue weighted by Crippen LogP contribution is -2.43.